The van der Waals surface area contributed by atoms with E-state index in [9.17, 15) is 0 Å². The zero-order valence-corrected chi connectivity index (χ0v) is 22.5. The molecule has 1 aliphatic carbocycles. The minimum absolute atomic E-state index is 0.390. The first-order valence-corrected chi connectivity index (χ1v) is 14.2. The van der Waals surface area contributed by atoms with Crippen molar-refractivity contribution in [2.24, 2.45) is 0 Å². The van der Waals surface area contributed by atoms with Crippen LogP contribution in [0.2, 0.25) is 0 Å². The Morgan fingerprint density at radius 1 is 1.00 bits per heavy atom. The number of piperidine rings is 1. The topological polar surface area (TPSA) is 126 Å². The minimum atomic E-state index is 0.390. The summed E-state index contributed by atoms with van der Waals surface area (Å²) < 4.78 is 7.31. The molecule has 3 heterocycles. The van der Waals surface area contributed by atoms with E-state index in [4.69, 9.17) is 14.7 Å². The number of anilines is 2. The van der Waals surface area contributed by atoms with Crippen LogP contribution < -0.4 is 31.3 Å². The van der Waals surface area contributed by atoms with Gasteiger partial charge in [-0.1, -0.05) is 24.5 Å². The third-order valence-electron chi connectivity index (χ3n) is 7.46. The van der Waals surface area contributed by atoms with E-state index in [2.05, 4.69) is 36.9 Å². The summed E-state index contributed by atoms with van der Waals surface area (Å²) in [4.78, 5) is 9.56. The van der Waals surface area contributed by atoms with Crippen molar-refractivity contribution in [2.75, 3.05) is 50.5 Å². The van der Waals surface area contributed by atoms with Crippen LogP contribution in [0.4, 0.5) is 11.8 Å². The second-order valence-electron chi connectivity index (χ2n) is 10.3. The molecule has 3 aromatic rings. The first-order chi connectivity index (χ1) is 18.8. The van der Waals surface area contributed by atoms with Crippen LogP contribution in [0.1, 0.15) is 50.6 Å². The maximum atomic E-state index is 5.43. The summed E-state index contributed by atoms with van der Waals surface area (Å²) in [6, 6.07) is 7.02. The van der Waals surface area contributed by atoms with Crippen molar-refractivity contribution >= 4 is 22.7 Å². The Morgan fingerprint density at radius 2 is 1.87 bits per heavy atom. The van der Waals surface area contributed by atoms with E-state index in [1.807, 2.05) is 29.1 Å². The normalized spacial score (nSPS) is 17.1. The number of benzene rings is 1. The second kappa shape index (κ2) is 13.7. The smallest absolute Gasteiger partial charge is 0.225 e. The Labute approximate surface area is 224 Å². The first kappa shape index (κ1) is 26.6. The molecule has 2 aromatic heterocycles. The molecular formula is C27H42N10O. The SMILES string of the molecule is COc1ccc2c(NC3CCNCC3)nc(NCc3cn(CCNCCNC4CCCCC4)nn3)nc2c1. The predicted octanol–water partition coefficient (Wildman–Crippen LogP) is 2.52. The van der Waals surface area contributed by atoms with E-state index in [0.717, 1.165) is 80.3 Å². The maximum absolute atomic E-state index is 5.43. The summed E-state index contributed by atoms with van der Waals surface area (Å²) in [6.07, 6.45) is 10.9. The molecule has 1 aromatic carbocycles. The van der Waals surface area contributed by atoms with Crippen molar-refractivity contribution in [3.8, 4) is 5.75 Å². The molecule has 1 aliphatic heterocycles. The Hall–Kier alpha value is -3.02. The van der Waals surface area contributed by atoms with Crippen molar-refractivity contribution in [3.05, 3.63) is 30.1 Å². The molecule has 0 bridgehead atoms. The third kappa shape index (κ3) is 7.52. The summed E-state index contributed by atoms with van der Waals surface area (Å²) >= 11 is 0. The minimum Gasteiger partial charge on any atom is -0.497 e. The molecule has 0 amide bonds. The maximum Gasteiger partial charge on any atom is 0.225 e. The van der Waals surface area contributed by atoms with Crippen LogP contribution >= 0.6 is 0 Å². The van der Waals surface area contributed by atoms with Gasteiger partial charge in [0, 0.05) is 43.2 Å². The molecule has 0 spiro atoms. The van der Waals surface area contributed by atoms with E-state index in [1.54, 1.807) is 7.11 Å². The molecule has 1 saturated carbocycles. The van der Waals surface area contributed by atoms with Gasteiger partial charge in [0.1, 0.15) is 17.3 Å². The molecule has 206 valence electrons. The van der Waals surface area contributed by atoms with Gasteiger partial charge >= 0.3 is 0 Å². The van der Waals surface area contributed by atoms with Crippen LogP contribution in [0.25, 0.3) is 10.9 Å². The lowest BCUT2D eigenvalue weighted by Crippen LogP contribution is -2.37. The van der Waals surface area contributed by atoms with E-state index < -0.39 is 0 Å². The summed E-state index contributed by atoms with van der Waals surface area (Å²) in [5.74, 6) is 2.18. The van der Waals surface area contributed by atoms with Gasteiger partial charge in [-0.3, -0.25) is 4.68 Å². The highest BCUT2D eigenvalue weighted by atomic mass is 16.5. The van der Waals surface area contributed by atoms with Crippen LogP contribution in [0.3, 0.4) is 0 Å². The standard InChI is InChI=1S/C27H42N10O/c1-38-23-7-8-24-25(17-23)33-27(34-26(24)32-21-9-11-28-12-10-21)31-18-22-19-37(36-35-22)16-15-29-13-14-30-20-5-3-2-4-6-20/h7-8,17,19-21,28-30H,2-6,9-16,18H2,1H3,(H2,31,32,33,34). The van der Waals surface area contributed by atoms with Gasteiger partial charge in [0.25, 0.3) is 0 Å². The number of hydrogen-bond donors (Lipinski definition) is 5. The van der Waals surface area contributed by atoms with E-state index >= 15 is 0 Å². The summed E-state index contributed by atoms with van der Waals surface area (Å²) in [5.41, 5.74) is 1.69. The summed E-state index contributed by atoms with van der Waals surface area (Å²) in [5, 5.41) is 27.2. The van der Waals surface area contributed by atoms with Gasteiger partial charge in [0.2, 0.25) is 5.95 Å². The van der Waals surface area contributed by atoms with E-state index in [1.165, 1.54) is 32.1 Å². The Bertz CT molecular complexity index is 1140. The summed E-state index contributed by atoms with van der Waals surface area (Å²) in [7, 11) is 1.67. The predicted molar refractivity (Wildman–Crippen MR) is 151 cm³/mol. The number of rotatable bonds is 13. The summed E-state index contributed by atoms with van der Waals surface area (Å²) in [6.45, 7) is 6.17. The van der Waals surface area contributed by atoms with Crippen LogP contribution in [-0.4, -0.2) is 76.9 Å². The van der Waals surface area contributed by atoms with Crippen molar-refractivity contribution in [2.45, 2.75) is 70.1 Å². The van der Waals surface area contributed by atoms with Gasteiger partial charge < -0.3 is 31.3 Å². The molecule has 0 atom stereocenters. The largest absolute Gasteiger partial charge is 0.497 e. The number of nitrogens with zero attached hydrogens (tertiary/aromatic N) is 5. The van der Waals surface area contributed by atoms with Crippen molar-refractivity contribution < 1.29 is 4.74 Å². The fraction of sp³-hybridized carbons (Fsp3) is 0.630. The average molecular weight is 523 g/mol. The zero-order valence-electron chi connectivity index (χ0n) is 22.5. The fourth-order valence-electron chi connectivity index (χ4n) is 5.27. The quantitative estimate of drug-likeness (QED) is 0.214. The zero-order chi connectivity index (χ0) is 26.0. The second-order valence-corrected chi connectivity index (χ2v) is 10.3. The molecule has 38 heavy (non-hydrogen) atoms. The van der Waals surface area contributed by atoms with E-state index in [-0.39, 0.29) is 0 Å². The van der Waals surface area contributed by atoms with Gasteiger partial charge in [-0.25, -0.2) is 4.98 Å². The number of fused-ring (bicyclic) bond motifs is 1. The lowest BCUT2D eigenvalue weighted by molar-refractivity contribution is 0.372. The van der Waals surface area contributed by atoms with Gasteiger partial charge in [-0.2, -0.15) is 4.98 Å². The highest BCUT2D eigenvalue weighted by Crippen LogP contribution is 2.27. The lowest BCUT2D eigenvalue weighted by Gasteiger charge is -2.25. The lowest BCUT2D eigenvalue weighted by atomic mass is 9.95. The first-order valence-electron chi connectivity index (χ1n) is 14.2. The van der Waals surface area contributed by atoms with Crippen molar-refractivity contribution in [3.63, 3.8) is 0 Å². The number of aromatic nitrogens is 5. The molecule has 2 fully saturated rings. The average Bonchev–Trinajstić information content (AvgIpc) is 3.42. The highest BCUT2D eigenvalue weighted by Gasteiger charge is 2.17. The van der Waals surface area contributed by atoms with Crippen molar-refractivity contribution in [1.29, 1.82) is 0 Å². The number of nitrogens with one attached hydrogen (secondary N) is 5. The Morgan fingerprint density at radius 3 is 2.71 bits per heavy atom. The van der Waals surface area contributed by atoms with Crippen LogP contribution in [0.5, 0.6) is 5.75 Å². The Balaban J connectivity index is 1.12. The molecule has 1 saturated heterocycles. The molecule has 11 heteroatoms. The molecule has 5 rings (SSSR count). The number of methoxy groups -OCH3 is 1. The molecule has 11 nitrogen and oxygen atoms in total. The monoisotopic (exact) mass is 522 g/mol. The van der Waals surface area contributed by atoms with Crippen LogP contribution in [0.15, 0.2) is 24.4 Å². The fourth-order valence-corrected chi connectivity index (χ4v) is 5.27. The Kier molecular flexibility index (Phi) is 9.57. The molecule has 2 aliphatic rings. The van der Waals surface area contributed by atoms with Crippen LogP contribution in [-0.2, 0) is 13.1 Å². The van der Waals surface area contributed by atoms with Gasteiger partial charge in [-0.15, -0.1) is 5.10 Å². The van der Waals surface area contributed by atoms with Gasteiger partial charge in [0.05, 0.1) is 31.9 Å². The molecule has 5 N–H and O–H groups in total. The molecule has 0 unspecified atom stereocenters. The highest BCUT2D eigenvalue weighted by molar-refractivity contribution is 5.91. The van der Waals surface area contributed by atoms with Gasteiger partial charge in [0.15, 0.2) is 0 Å². The molecular weight excluding hydrogens is 480 g/mol. The van der Waals surface area contributed by atoms with Crippen LogP contribution in [0, 0.1) is 0 Å². The van der Waals surface area contributed by atoms with Crippen molar-refractivity contribution in [1.82, 2.24) is 40.9 Å². The molecule has 0 radical (unpaired) electrons. The number of ether oxygens (including phenoxy) is 1. The third-order valence-corrected chi connectivity index (χ3v) is 7.46. The number of hydrogen-bond acceptors (Lipinski definition) is 10. The van der Waals surface area contributed by atoms with Gasteiger partial charge in [-0.05, 0) is 50.9 Å². The van der Waals surface area contributed by atoms with E-state index in [0.29, 0.717) is 24.6 Å².